The van der Waals surface area contributed by atoms with Crippen molar-refractivity contribution in [3.05, 3.63) is 73.0 Å². The Morgan fingerprint density at radius 3 is 2.28 bits per heavy atom. The Morgan fingerprint density at radius 2 is 1.72 bits per heavy atom. The van der Waals surface area contributed by atoms with Crippen LogP contribution in [-0.2, 0) is 0 Å². The summed E-state index contributed by atoms with van der Waals surface area (Å²) in [5.74, 6) is 0. The maximum Gasteiger partial charge on any atom is 0.143 e. The SMILES string of the molecule is O=NC(c1ccc(Br)cc1)c1ccc(Cl)cc1Cl. The molecule has 0 aliphatic rings. The second-order valence-electron chi connectivity index (χ2n) is 3.73. The van der Waals surface area contributed by atoms with Crippen LogP contribution in [0.5, 0.6) is 0 Å². The van der Waals surface area contributed by atoms with E-state index in [1.54, 1.807) is 18.2 Å². The van der Waals surface area contributed by atoms with Crippen molar-refractivity contribution in [3.8, 4) is 0 Å². The van der Waals surface area contributed by atoms with Crippen LogP contribution < -0.4 is 0 Å². The van der Waals surface area contributed by atoms with E-state index >= 15 is 0 Å². The van der Waals surface area contributed by atoms with E-state index in [4.69, 9.17) is 23.2 Å². The summed E-state index contributed by atoms with van der Waals surface area (Å²) in [7, 11) is 0. The molecule has 0 heterocycles. The van der Waals surface area contributed by atoms with Crippen molar-refractivity contribution in [1.29, 1.82) is 0 Å². The van der Waals surface area contributed by atoms with Crippen LogP contribution in [0.4, 0.5) is 0 Å². The third kappa shape index (κ3) is 2.91. The average Bonchev–Trinajstić information content (AvgIpc) is 2.35. The molecular weight excluding hydrogens is 337 g/mol. The summed E-state index contributed by atoms with van der Waals surface area (Å²) in [5.41, 5.74) is 1.44. The molecule has 0 fully saturated rings. The zero-order valence-corrected chi connectivity index (χ0v) is 12.2. The number of halogens is 3. The number of benzene rings is 2. The van der Waals surface area contributed by atoms with E-state index in [9.17, 15) is 4.91 Å². The van der Waals surface area contributed by atoms with Gasteiger partial charge in [0.05, 0.1) is 0 Å². The molecule has 5 heteroatoms. The molecule has 1 atom stereocenters. The summed E-state index contributed by atoms with van der Waals surface area (Å²) in [5, 5.41) is 4.13. The van der Waals surface area contributed by atoms with E-state index in [-0.39, 0.29) is 0 Å². The molecule has 2 aromatic rings. The van der Waals surface area contributed by atoms with E-state index in [1.165, 1.54) is 0 Å². The van der Waals surface area contributed by atoms with Crippen molar-refractivity contribution in [2.45, 2.75) is 6.04 Å². The molecule has 0 saturated carbocycles. The van der Waals surface area contributed by atoms with E-state index < -0.39 is 6.04 Å². The van der Waals surface area contributed by atoms with Gasteiger partial charge in [0.2, 0.25) is 0 Å². The standard InChI is InChI=1S/C13H8BrCl2NO/c14-9-3-1-8(2-4-9)13(17-18)11-6-5-10(15)7-12(11)16/h1-7,13H. The number of hydrogen-bond donors (Lipinski definition) is 0. The lowest BCUT2D eigenvalue weighted by Gasteiger charge is -2.12. The van der Waals surface area contributed by atoms with Gasteiger partial charge in [-0.25, -0.2) is 0 Å². The summed E-state index contributed by atoms with van der Waals surface area (Å²) >= 11 is 15.3. The fourth-order valence-electron chi connectivity index (χ4n) is 1.67. The predicted octanol–water partition coefficient (Wildman–Crippen LogP) is 5.61. The lowest BCUT2D eigenvalue weighted by molar-refractivity contribution is 0.863. The summed E-state index contributed by atoms with van der Waals surface area (Å²) in [6.45, 7) is 0. The van der Waals surface area contributed by atoms with Crippen LogP contribution in [-0.4, -0.2) is 0 Å². The van der Waals surface area contributed by atoms with Crippen molar-refractivity contribution in [2.75, 3.05) is 0 Å². The molecule has 0 aliphatic heterocycles. The Balaban J connectivity index is 2.45. The van der Waals surface area contributed by atoms with Gasteiger partial charge in [-0.2, -0.15) is 0 Å². The zero-order valence-electron chi connectivity index (χ0n) is 9.11. The molecule has 0 bridgehead atoms. The van der Waals surface area contributed by atoms with Gasteiger partial charge in [0.15, 0.2) is 0 Å². The first-order valence-corrected chi connectivity index (χ1v) is 6.69. The number of nitrogens with zero attached hydrogens (tertiary/aromatic N) is 1. The van der Waals surface area contributed by atoms with Gasteiger partial charge in [-0.15, -0.1) is 4.91 Å². The Kier molecular flexibility index (Phi) is 4.38. The molecule has 0 saturated heterocycles. The molecule has 0 aromatic heterocycles. The van der Waals surface area contributed by atoms with Crippen LogP contribution in [0.15, 0.2) is 52.1 Å². The fraction of sp³-hybridized carbons (Fsp3) is 0.0769. The zero-order chi connectivity index (χ0) is 13.1. The normalized spacial score (nSPS) is 12.2. The predicted molar refractivity (Wildman–Crippen MR) is 78.2 cm³/mol. The maximum absolute atomic E-state index is 11.1. The summed E-state index contributed by atoms with van der Waals surface area (Å²) in [4.78, 5) is 11.1. The van der Waals surface area contributed by atoms with E-state index in [1.807, 2.05) is 24.3 Å². The van der Waals surface area contributed by atoms with Crippen LogP contribution in [0.3, 0.4) is 0 Å². The average molecular weight is 345 g/mol. The van der Waals surface area contributed by atoms with Crippen LogP contribution in [0.2, 0.25) is 10.0 Å². The quantitative estimate of drug-likeness (QED) is 0.665. The monoisotopic (exact) mass is 343 g/mol. The van der Waals surface area contributed by atoms with Gasteiger partial charge in [0, 0.05) is 20.1 Å². The number of hydrogen-bond acceptors (Lipinski definition) is 2. The van der Waals surface area contributed by atoms with Crippen molar-refractivity contribution in [1.82, 2.24) is 0 Å². The second-order valence-corrected chi connectivity index (χ2v) is 5.48. The van der Waals surface area contributed by atoms with Crippen LogP contribution >= 0.6 is 39.1 Å². The van der Waals surface area contributed by atoms with Gasteiger partial charge in [-0.05, 0) is 29.8 Å². The van der Waals surface area contributed by atoms with Crippen molar-refractivity contribution in [2.24, 2.45) is 5.18 Å². The van der Waals surface area contributed by atoms with Crippen LogP contribution in [0, 0.1) is 4.91 Å². The molecule has 0 spiro atoms. The Bertz CT molecular complexity index is 572. The maximum atomic E-state index is 11.1. The topological polar surface area (TPSA) is 29.4 Å². The fourth-order valence-corrected chi connectivity index (χ4v) is 2.44. The largest absolute Gasteiger partial charge is 0.150 e. The highest BCUT2D eigenvalue weighted by Gasteiger charge is 2.17. The molecule has 0 N–H and O–H groups in total. The van der Waals surface area contributed by atoms with Crippen LogP contribution in [0.25, 0.3) is 0 Å². The summed E-state index contributed by atoms with van der Waals surface area (Å²) in [6.07, 6.45) is 0. The molecule has 0 radical (unpaired) electrons. The van der Waals surface area contributed by atoms with Gasteiger partial charge < -0.3 is 0 Å². The Labute approximate surface area is 123 Å². The molecule has 2 nitrogen and oxygen atoms in total. The Hall–Kier alpha value is -0.900. The molecular formula is C13H8BrCl2NO. The summed E-state index contributed by atoms with van der Waals surface area (Å²) < 4.78 is 0.943. The summed E-state index contributed by atoms with van der Waals surface area (Å²) in [6, 6.07) is 11.8. The van der Waals surface area contributed by atoms with Gasteiger partial charge in [0.1, 0.15) is 6.04 Å². The molecule has 2 rings (SSSR count). The highest BCUT2D eigenvalue weighted by atomic mass is 79.9. The van der Waals surface area contributed by atoms with Crippen LogP contribution in [0.1, 0.15) is 17.2 Å². The minimum atomic E-state index is -0.622. The highest BCUT2D eigenvalue weighted by Crippen LogP contribution is 2.33. The van der Waals surface area contributed by atoms with Gasteiger partial charge in [0.25, 0.3) is 0 Å². The first-order chi connectivity index (χ1) is 8.61. The third-order valence-electron chi connectivity index (χ3n) is 2.55. The number of rotatable bonds is 3. The van der Waals surface area contributed by atoms with E-state index in [0.717, 1.165) is 10.0 Å². The van der Waals surface area contributed by atoms with E-state index in [2.05, 4.69) is 21.1 Å². The lowest BCUT2D eigenvalue weighted by atomic mass is 10.00. The third-order valence-corrected chi connectivity index (χ3v) is 3.64. The Morgan fingerprint density at radius 1 is 1.06 bits per heavy atom. The van der Waals surface area contributed by atoms with Gasteiger partial charge >= 0.3 is 0 Å². The highest BCUT2D eigenvalue weighted by molar-refractivity contribution is 9.10. The molecule has 0 amide bonds. The first-order valence-electron chi connectivity index (χ1n) is 5.14. The molecule has 18 heavy (non-hydrogen) atoms. The first kappa shape index (κ1) is 13.5. The van der Waals surface area contributed by atoms with Gasteiger partial charge in [-0.1, -0.05) is 62.5 Å². The minimum absolute atomic E-state index is 0.440. The molecule has 1 unspecified atom stereocenters. The van der Waals surface area contributed by atoms with Crippen molar-refractivity contribution in [3.63, 3.8) is 0 Å². The van der Waals surface area contributed by atoms with Crippen molar-refractivity contribution < 1.29 is 0 Å². The minimum Gasteiger partial charge on any atom is -0.150 e. The molecule has 0 aliphatic carbocycles. The second kappa shape index (κ2) is 5.83. The van der Waals surface area contributed by atoms with E-state index in [0.29, 0.717) is 15.6 Å². The van der Waals surface area contributed by atoms with Gasteiger partial charge in [-0.3, -0.25) is 0 Å². The molecule has 92 valence electrons. The lowest BCUT2D eigenvalue weighted by Crippen LogP contribution is -1.98. The smallest absolute Gasteiger partial charge is 0.143 e. The number of nitroso groups, excluding NO2 is 1. The molecule has 2 aromatic carbocycles. The van der Waals surface area contributed by atoms with Crippen molar-refractivity contribution >= 4 is 39.1 Å².